The Kier molecular flexibility index (Phi) is 3.79. The maximum Gasteiger partial charge on any atom is 0.335 e. The molecule has 0 aliphatic heterocycles. The van der Waals surface area contributed by atoms with Gasteiger partial charge in [0.1, 0.15) is 0 Å². The first-order valence-electron chi connectivity index (χ1n) is 6.16. The quantitative estimate of drug-likeness (QED) is 0.850. The summed E-state index contributed by atoms with van der Waals surface area (Å²) in [5.74, 6) is -0.00356. The molecule has 0 bridgehead atoms. The number of benzene rings is 1. The molecule has 0 spiro atoms. The van der Waals surface area contributed by atoms with E-state index in [0.29, 0.717) is 5.56 Å². The molecule has 0 aromatic heterocycles. The highest BCUT2D eigenvalue weighted by atomic mass is 16.4. The van der Waals surface area contributed by atoms with Gasteiger partial charge in [-0.1, -0.05) is 18.6 Å². The van der Waals surface area contributed by atoms with Crippen LogP contribution >= 0.6 is 0 Å². The number of carboxylic acid groups (broad SMARTS) is 1. The fourth-order valence-electron chi connectivity index (χ4n) is 2.30. The molecule has 3 nitrogen and oxygen atoms in total. The molecule has 92 valence electrons. The molecule has 0 atom stereocenters. The third-order valence-corrected chi connectivity index (χ3v) is 3.42. The molecule has 1 aromatic rings. The number of carboxylic acids is 1. The second kappa shape index (κ2) is 5.32. The first kappa shape index (κ1) is 12.1. The van der Waals surface area contributed by atoms with Gasteiger partial charge in [0.2, 0.25) is 0 Å². The van der Waals surface area contributed by atoms with Crippen LogP contribution in [0.3, 0.4) is 0 Å². The molecule has 2 rings (SSSR count). The van der Waals surface area contributed by atoms with Crippen molar-refractivity contribution in [1.82, 2.24) is 4.90 Å². The zero-order valence-electron chi connectivity index (χ0n) is 10.2. The van der Waals surface area contributed by atoms with Crippen molar-refractivity contribution >= 4 is 5.97 Å². The predicted molar refractivity (Wildman–Crippen MR) is 67.1 cm³/mol. The maximum absolute atomic E-state index is 10.9. The monoisotopic (exact) mass is 233 g/mol. The van der Waals surface area contributed by atoms with Crippen LogP contribution in [0.2, 0.25) is 0 Å². The molecule has 0 unspecified atom stereocenters. The first-order valence-corrected chi connectivity index (χ1v) is 6.16. The first-order chi connectivity index (χ1) is 8.15. The van der Waals surface area contributed by atoms with Crippen molar-refractivity contribution < 1.29 is 9.90 Å². The van der Waals surface area contributed by atoms with Gasteiger partial charge in [0.05, 0.1) is 5.56 Å². The Morgan fingerprint density at radius 3 is 2.82 bits per heavy atom. The van der Waals surface area contributed by atoms with Gasteiger partial charge < -0.3 is 10.0 Å². The van der Waals surface area contributed by atoms with Crippen LogP contribution in [0.5, 0.6) is 0 Å². The van der Waals surface area contributed by atoms with Crippen LogP contribution in [-0.2, 0) is 6.54 Å². The molecular formula is C14H19NO2. The second-order valence-electron chi connectivity index (χ2n) is 5.00. The highest BCUT2D eigenvalue weighted by Gasteiger charge is 2.19. The highest BCUT2D eigenvalue weighted by molar-refractivity contribution is 5.87. The summed E-state index contributed by atoms with van der Waals surface area (Å²) in [4.78, 5) is 13.1. The van der Waals surface area contributed by atoms with Crippen LogP contribution in [0.1, 0.15) is 35.2 Å². The molecule has 17 heavy (non-hydrogen) atoms. The Hall–Kier alpha value is -1.35. The Balaban J connectivity index is 1.92. The number of carbonyl (C=O) groups is 1. The lowest BCUT2D eigenvalue weighted by molar-refractivity contribution is 0.0696. The summed E-state index contributed by atoms with van der Waals surface area (Å²) in [6, 6.07) is 7.21. The largest absolute Gasteiger partial charge is 0.478 e. The standard InChI is InChI=1S/C14H19NO2/c1-15(9-11-4-2-5-11)10-12-6-3-7-13(8-12)14(16)17/h3,6-8,11H,2,4-5,9-10H2,1H3,(H,16,17). The number of aromatic carboxylic acids is 1. The molecule has 1 aromatic carbocycles. The summed E-state index contributed by atoms with van der Waals surface area (Å²) in [6.07, 6.45) is 4.06. The van der Waals surface area contributed by atoms with Crippen molar-refractivity contribution in [3.8, 4) is 0 Å². The number of nitrogens with zero attached hydrogens (tertiary/aromatic N) is 1. The fourth-order valence-corrected chi connectivity index (χ4v) is 2.30. The van der Waals surface area contributed by atoms with Gasteiger partial charge in [-0.25, -0.2) is 4.79 Å². The third kappa shape index (κ3) is 3.30. The minimum atomic E-state index is -0.853. The van der Waals surface area contributed by atoms with Crippen LogP contribution < -0.4 is 0 Å². The van der Waals surface area contributed by atoms with Gasteiger partial charge in [-0.05, 0) is 43.5 Å². The normalized spacial score (nSPS) is 15.9. The Morgan fingerprint density at radius 1 is 1.47 bits per heavy atom. The van der Waals surface area contributed by atoms with Crippen LogP contribution in [0.15, 0.2) is 24.3 Å². The number of hydrogen-bond acceptors (Lipinski definition) is 2. The zero-order chi connectivity index (χ0) is 12.3. The van der Waals surface area contributed by atoms with E-state index >= 15 is 0 Å². The molecule has 1 aliphatic carbocycles. The van der Waals surface area contributed by atoms with E-state index in [1.165, 1.54) is 19.3 Å². The smallest absolute Gasteiger partial charge is 0.335 e. The van der Waals surface area contributed by atoms with Crippen LogP contribution in [0.25, 0.3) is 0 Å². The van der Waals surface area contributed by atoms with Gasteiger partial charge in [0, 0.05) is 13.1 Å². The van der Waals surface area contributed by atoms with Crippen molar-refractivity contribution in [1.29, 1.82) is 0 Å². The lowest BCUT2D eigenvalue weighted by Crippen LogP contribution is -2.29. The Labute approximate surface area is 102 Å². The van der Waals surface area contributed by atoms with Gasteiger partial charge in [0.15, 0.2) is 0 Å². The average molecular weight is 233 g/mol. The minimum Gasteiger partial charge on any atom is -0.478 e. The van der Waals surface area contributed by atoms with Crippen LogP contribution in [0.4, 0.5) is 0 Å². The lowest BCUT2D eigenvalue weighted by atomic mass is 9.85. The predicted octanol–water partition coefficient (Wildman–Crippen LogP) is 2.62. The number of rotatable bonds is 5. The minimum absolute atomic E-state index is 0.375. The third-order valence-electron chi connectivity index (χ3n) is 3.42. The van der Waals surface area contributed by atoms with E-state index in [2.05, 4.69) is 11.9 Å². The van der Waals surface area contributed by atoms with Crippen molar-refractivity contribution in [3.05, 3.63) is 35.4 Å². The lowest BCUT2D eigenvalue weighted by Gasteiger charge is -2.30. The average Bonchev–Trinajstić information content (AvgIpc) is 2.24. The van der Waals surface area contributed by atoms with Gasteiger partial charge >= 0.3 is 5.97 Å². The van der Waals surface area contributed by atoms with Crippen molar-refractivity contribution in [2.24, 2.45) is 5.92 Å². The van der Waals surface area contributed by atoms with E-state index < -0.39 is 5.97 Å². The van der Waals surface area contributed by atoms with E-state index in [9.17, 15) is 4.79 Å². The maximum atomic E-state index is 10.9. The second-order valence-corrected chi connectivity index (χ2v) is 5.00. The topological polar surface area (TPSA) is 40.5 Å². The molecule has 1 N–H and O–H groups in total. The van der Waals surface area contributed by atoms with E-state index in [4.69, 9.17) is 5.11 Å². The molecule has 0 amide bonds. The van der Waals surface area contributed by atoms with E-state index in [0.717, 1.165) is 24.6 Å². The summed E-state index contributed by atoms with van der Waals surface area (Å²) in [7, 11) is 2.10. The molecule has 1 saturated carbocycles. The molecule has 0 radical (unpaired) electrons. The van der Waals surface area contributed by atoms with Gasteiger partial charge in [0.25, 0.3) is 0 Å². The summed E-state index contributed by atoms with van der Waals surface area (Å²) in [5, 5.41) is 8.92. The number of hydrogen-bond donors (Lipinski definition) is 1. The summed E-state index contributed by atoms with van der Waals surface area (Å²) < 4.78 is 0. The Bertz CT molecular complexity index is 399. The van der Waals surface area contributed by atoms with Crippen molar-refractivity contribution in [3.63, 3.8) is 0 Å². The molecule has 1 aliphatic rings. The van der Waals surface area contributed by atoms with Crippen molar-refractivity contribution in [2.75, 3.05) is 13.6 Å². The van der Waals surface area contributed by atoms with Gasteiger partial charge in [-0.15, -0.1) is 0 Å². The van der Waals surface area contributed by atoms with E-state index in [1.807, 2.05) is 12.1 Å². The molecule has 3 heteroatoms. The van der Waals surface area contributed by atoms with E-state index in [1.54, 1.807) is 12.1 Å². The van der Waals surface area contributed by atoms with Crippen LogP contribution in [-0.4, -0.2) is 29.6 Å². The van der Waals surface area contributed by atoms with Gasteiger partial charge in [-0.2, -0.15) is 0 Å². The summed E-state index contributed by atoms with van der Waals surface area (Å²) >= 11 is 0. The molecule has 0 heterocycles. The molecule has 1 fully saturated rings. The fraction of sp³-hybridized carbons (Fsp3) is 0.500. The van der Waals surface area contributed by atoms with Crippen LogP contribution in [0, 0.1) is 5.92 Å². The summed E-state index contributed by atoms with van der Waals surface area (Å²) in [6.45, 7) is 1.95. The van der Waals surface area contributed by atoms with Crippen molar-refractivity contribution in [2.45, 2.75) is 25.8 Å². The van der Waals surface area contributed by atoms with Gasteiger partial charge in [-0.3, -0.25) is 0 Å². The molecule has 0 saturated heterocycles. The Morgan fingerprint density at radius 2 is 2.24 bits per heavy atom. The SMILES string of the molecule is CN(Cc1cccc(C(=O)O)c1)CC1CCC1. The zero-order valence-corrected chi connectivity index (χ0v) is 10.2. The van der Waals surface area contributed by atoms with E-state index in [-0.39, 0.29) is 0 Å². The molecular weight excluding hydrogens is 214 g/mol. The summed E-state index contributed by atoms with van der Waals surface area (Å²) in [5.41, 5.74) is 1.45. The highest BCUT2D eigenvalue weighted by Crippen LogP contribution is 2.27.